The number of nitrogens with zero attached hydrogens (tertiary/aromatic N) is 5. The minimum absolute atomic E-state index is 0.335. The molecule has 0 saturated heterocycles. The smallest absolute Gasteiger partial charge is 0.189 e. The van der Waals surface area contributed by atoms with E-state index in [1.807, 2.05) is 37.3 Å². The number of fused-ring (bicyclic) bond motifs is 1. The lowest BCUT2D eigenvalue weighted by molar-refractivity contribution is 0.289. The van der Waals surface area contributed by atoms with Crippen LogP contribution in [0.1, 0.15) is 24.9 Å². The molecule has 6 heteroatoms. The van der Waals surface area contributed by atoms with E-state index in [9.17, 15) is 0 Å². The summed E-state index contributed by atoms with van der Waals surface area (Å²) < 4.78 is 7.65. The van der Waals surface area contributed by atoms with E-state index in [4.69, 9.17) is 4.74 Å². The van der Waals surface area contributed by atoms with Crippen molar-refractivity contribution in [1.29, 1.82) is 0 Å². The van der Waals surface area contributed by atoms with Gasteiger partial charge in [0.15, 0.2) is 5.82 Å². The Kier molecular flexibility index (Phi) is 3.77. The first-order valence-corrected chi connectivity index (χ1v) is 7.02. The van der Waals surface area contributed by atoms with Gasteiger partial charge in [-0.2, -0.15) is 0 Å². The molecular formula is C15H17N5O. The van der Waals surface area contributed by atoms with Crippen molar-refractivity contribution in [2.45, 2.75) is 33.4 Å². The van der Waals surface area contributed by atoms with Crippen molar-refractivity contribution < 1.29 is 4.74 Å². The van der Waals surface area contributed by atoms with E-state index in [0.29, 0.717) is 6.61 Å². The van der Waals surface area contributed by atoms with Crippen LogP contribution >= 0.6 is 0 Å². The number of hydrogen-bond donors (Lipinski definition) is 0. The summed E-state index contributed by atoms with van der Waals surface area (Å²) in [6, 6.07) is 9.95. The number of rotatable bonds is 5. The lowest BCUT2D eigenvalue weighted by atomic mass is 10.2. The molecule has 0 unspecified atom stereocenters. The number of tetrazole rings is 1. The molecule has 0 radical (unpaired) electrons. The number of aromatic nitrogens is 5. The van der Waals surface area contributed by atoms with Gasteiger partial charge in [0.2, 0.25) is 0 Å². The number of aryl methyl sites for hydroxylation is 2. The van der Waals surface area contributed by atoms with E-state index in [2.05, 4.69) is 27.4 Å². The molecule has 0 atom stereocenters. The van der Waals surface area contributed by atoms with Crippen molar-refractivity contribution in [2.24, 2.45) is 0 Å². The maximum Gasteiger partial charge on any atom is 0.189 e. The van der Waals surface area contributed by atoms with Crippen LogP contribution in [0, 0.1) is 6.92 Å². The standard InChI is InChI=1S/C15H17N5O/c1-3-9-20-14(17-18-19-20)10-21-13-6-4-5-12-8-7-11(2)16-15(12)13/h4-8H,3,9-10H2,1-2H3. The summed E-state index contributed by atoms with van der Waals surface area (Å²) in [5.41, 5.74) is 1.83. The maximum absolute atomic E-state index is 5.88. The molecule has 0 bridgehead atoms. The van der Waals surface area contributed by atoms with Crippen molar-refractivity contribution in [2.75, 3.05) is 0 Å². The Morgan fingerprint density at radius 1 is 1.19 bits per heavy atom. The first kappa shape index (κ1) is 13.5. The molecule has 0 amide bonds. The summed E-state index contributed by atoms with van der Waals surface area (Å²) in [7, 11) is 0. The second kappa shape index (κ2) is 5.87. The fourth-order valence-corrected chi connectivity index (χ4v) is 2.19. The molecule has 6 nitrogen and oxygen atoms in total. The predicted octanol–water partition coefficient (Wildman–Crippen LogP) is 2.52. The molecule has 0 aliphatic heterocycles. The maximum atomic E-state index is 5.88. The second-order valence-corrected chi connectivity index (χ2v) is 4.89. The number of ether oxygens (including phenoxy) is 1. The molecule has 3 rings (SSSR count). The average Bonchev–Trinajstić information content (AvgIpc) is 2.93. The average molecular weight is 283 g/mol. The van der Waals surface area contributed by atoms with Gasteiger partial charge in [0.25, 0.3) is 0 Å². The van der Waals surface area contributed by atoms with Gasteiger partial charge in [0, 0.05) is 17.6 Å². The van der Waals surface area contributed by atoms with E-state index in [0.717, 1.165) is 41.1 Å². The Morgan fingerprint density at radius 3 is 2.95 bits per heavy atom. The molecule has 0 aliphatic rings. The van der Waals surface area contributed by atoms with E-state index in [-0.39, 0.29) is 0 Å². The molecule has 108 valence electrons. The highest BCUT2D eigenvalue weighted by Crippen LogP contribution is 2.24. The van der Waals surface area contributed by atoms with Crippen LogP contribution in [0.4, 0.5) is 0 Å². The highest BCUT2D eigenvalue weighted by atomic mass is 16.5. The van der Waals surface area contributed by atoms with Crippen LogP contribution in [0.25, 0.3) is 10.9 Å². The van der Waals surface area contributed by atoms with E-state index in [1.165, 1.54) is 0 Å². The Bertz CT molecular complexity index is 753. The quantitative estimate of drug-likeness (QED) is 0.720. The lowest BCUT2D eigenvalue weighted by Crippen LogP contribution is -2.08. The van der Waals surface area contributed by atoms with Crippen LogP contribution in [0.5, 0.6) is 5.75 Å². The zero-order valence-electron chi connectivity index (χ0n) is 12.2. The van der Waals surface area contributed by atoms with Gasteiger partial charge in [-0.05, 0) is 35.9 Å². The molecule has 2 aromatic heterocycles. The summed E-state index contributed by atoms with van der Waals surface area (Å²) in [6.07, 6.45) is 0.979. The second-order valence-electron chi connectivity index (χ2n) is 4.89. The van der Waals surface area contributed by atoms with Crippen molar-refractivity contribution in [1.82, 2.24) is 25.2 Å². The van der Waals surface area contributed by atoms with Crippen molar-refractivity contribution in [3.8, 4) is 5.75 Å². The highest BCUT2D eigenvalue weighted by molar-refractivity contribution is 5.84. The molecule has 3 aromatic rings. The normalized spacial score (nSPS) is 11.0. The monoisotopic (exact) mass is 283 g/mol. The van der Waals surface area contributed by atoms with Crippen molar-refractivity contribution in [3.05, 3.63) is 41.9 Å². The Morgan fingerprint density at radius 2 is 2.10 bits per heavy atom. The Balaban J connectivity index is 1.85. The highest BCUT2D eigenvalue weighted by Gasteiger charge is 2.08. The zero-order valence-corrected chi connectivity index (χ0v) is 12.2. The van der Waals surface area contributed by atoms with Crippen molar-refractivity contribution in [3.63, 3.8) is 0 Å². The SMILES string of the molecule is CCCn1nnnc1COc1cccc2ccc(C)nc12. The van der Waals surface area contributed by atoms with Crippen LogP contribution in [-0.4, -0.2) is 25.2 Å². The van der Waals surface area contributed by atoms with E-state index >= 15 is 0 Å². The summed E-state index contributed by atoms with van der Waals surface area (Å²) in [4.78, 5) is 4.55. The third-order valence-electron chi connectivity index (χ3n) is 3.22. The fraction of sp³-hybridized carbons (Fsp3) is 0.333. The van der Waals surface area contributed by atoms with Gasteiger partial charge in [-0.15, -0.1) is 5.10 Å². The molecule has 0 N–H and O–H groups in total. The summed E-state index contributed by atoms with van der Waals surface area (Å²) in [5, 5.41) is 12.7. The molecule has 1 aromatic carbocycles. The third kappa shape index (κ3) is 2.84. The number of hydrogen-bond acceptors (Lipinski definition) is 5. The molecule has 0 aliphatic carbocycles. The van der Waals surface area contributed by atoms with E-state index < -0.39 is 0 Å². The summed E-state index contributed by atoms with van der Waals surface area (Å²) in [5.74, 6) is 1.48. The molecule has 0 saturated carbocycles. The van der Waals surface area contributed by atoms with Crippen LogP contribution in [0.3, 0.4) is 0 Å². The van der Waals surface area contributed by atoms with E-state index in [1.54, 1.807) is 4.68 Å². The molecule has 0 spiro atoms. The largest absolute Gasteiger partial charge is 0.483 e. The van der Waals surface area contributed by atoms with Gasteiger partial charge in [0.05, 0.1) is 0 Å². The summed E-state index contributed by atoms with van der Waals surface area (Å²) in [6.45, 7) is 5.18. The van der Waals surface area contributed by atoms with Gasteiger partial charge in [-0.1, -0.05) is 25.1 Å². The zero-order chi connectivity index (χ0) is 14.7. The minimum Gasteiger partial charge on any atom is -0.483 e. The van der Waals surface area contributed by atoms with Crippen LogP contribution in [0.15, 0.2) is 30.3 Å². The topological polar surface area (TPSA) is 65.7 Å². The van der Waals surface area contributed by atoms with Gasteiger partial charge >= 0.3 is 0 Å². The van der Waals surface area contributed by atoms with Crippen LogP contribution < -0.4 is 4.74 Å². The minimum atomic E-state index is 0.335. The number of benzene rings is 1. The fourth-order valence-electron chi connectivity index (χ4n) is 2.19. The lowest BCUT2D eigenvalue weighted by Gasteiger charge is -2.09. The molecule has 0 fully saturated rings. The number of para-hydroxylation sites is 1. The first-order valence-electron chi connectivity index (χ1n) is 7.02. The molecular weight excluding hydrogens is 266 g/mol. The third-order valence-corrected chi connectivity index (χ3v) is 3.22. The van der Waals surface area contributed by atoms with Crippen LogP contribution in [0.2, 0.25) is 0 Å². The van der Waals surface area contributed by atoms with Crippen LogP contribution in [-0.2, 0) is 13.2 Å². The predicted molar refractivity (Wildman–Crippen MR) is 78.9 cm³/mol. The molecule has 21 heavy (non-hydrogen) atoms. The Hall–Kier alpha value is -2.50. The molecule has 2 heterocycles. The first-order chi connectivity index (χ1) is 10.3. The van der Waals surface area contributed by atoms with Gasteiger partial charge < -0.3 is 4.74 Å². The Labute approximate surface area is 122 Å². The van der Waals surface area contributed by atoms with Gasteiger partial charge in [-0.25, -0.2) is 9.67 Å². The summed E-state index contributed by atoms with van der Waals surface area (Å²) >= 11 is 0. The van der Waals surface area contributed by atoms with Gasteiger partial charge in [-0.3, -0.25) is 0 Å². The van der Waals surface area contributed by atoms with Gasteiger partial charge in [0.1, 0.15) is 17.9 Å². The number of pyridine rings is 1. The van der Waals surface area contributed by atoms with Crippen molar-refractivity contribution >= 4 is 10.9 Å².